The highest BCUT2D eigenvalue weighted by Gasteiger charge is 2.54. The van der Waals surface area contributed by atoms with Crippen molar-refractivity contribution in [2.75, 3.05) is 13.2 Å². The predicted molar refractivity (Wildman–Crippen MR) is 111 cm³/mol. The van der Waals surface area contributed by atoms with Crippen molar-refractivity contribution in [2.24, 2.45) is 0 Å². The summed E-state index contributed by atoms with van der Waals surface area (Å²) >= 11 is 0. The lowest BCUT2D eigenvalue weighted by atomic mass is 9.94. The molecule has 1 amide bonds. The Kier molecular flexibility index (Phi) is 9.97. The second-order valence-electron chi connectivity index (χ2n) is 9.05. The maximum absolute atomic E-state index is 11.8. The summed E-state index contributed by atoms with van der Waals surface area (Å²) < 4.78 is 27.7. The van der Waals surface area contributed by atoms with Crippen LogP contribution in [0.3, 0.4) is 0 Å². The molecule has 0 saturated carbocycles. The molecule has 0 spiro atoms. The molecule has 0 aliphatic carbocycles. The van der Waals surface area contributed by atoms with Crippen molar-refractivity contribution in [1.29, 1.82) is 0 Å². The highest BCUT2D eigenvalue weighted by molar-refractivity contribution is 5.73. The third-order valence-electron chi connectivity index (χ3n) is 6.45. The molecule has 0 aromatic rings. The van der Waals surface area contributed by atoms with Gasteiger partial charge in [-0.15, -0.1) is 0 Å². The Morgan fingerprint density at radius 3 is 1.81 bits per heavy atom. The minimum atomic E-state index is -1.85. The maximum Gasteiger partial charge on any atom is 0.217 e. The van der Waals surface area contributed by atoms with E-state index in [-0.39, 0.29) is 0 Å². The van der Waals surface area contributed by atoms with Crippen LogP contribution in [0.5, 0.6) is 0 Å². The number of amides is 1. The van der Waals surface area contributed by atoms with E-state index in [0.717, 1.165) is 6.92 Å². The number of hydrogen-bond donors (Lipinski definition) is 10. The normalized spacial score (nSPS) is 50.0. The lowest BCUT2D eigenvalue weighted by Gasteiger charge is -2.49. The first kappa shape index (κ1) is 29.5. The van der Waals surface area contributed by atoms with Crippen LogP contribution in [0.15, 0.2) is 0 Å². The average molecular weight is 529 g/mol. The van der Waals surface area contributed by atoms with Gasteiger partial charge >= 0.3 is 0 Å². The van der Waals surface area contributed by atoms with Crippen LogP contribution in [0, 0.1) is 0 Å². The molecule has 210 valence electrons. The summed E-state index contributed by atoms with van der Waals surface area (Å²) in [5, 5.41) is 93.2. The number of hydrogen-bond acceptors (Lipinski definition) is 15. The van der Waals surface area contributed by atoms with E-state index in [1.165, 1.54) is 6.92 Å². The molecular formula is C20H35NO15. The molecule has 9 unspecified atom stereocenters. The Balaban J connectivity index is 1.92. The minimum Gasteiger partial charge on any atom is -0.394 e. The van der Waals surface area contributed by atoms with Crippen molar-refractivity contribution in [1.82, 2.24) is 5.32 Å². The van der Waals surface area contributed by atoms with Gasteiger partial charge in [0.25, 0.3) is 0 Å². The molecule has 10 N–H and O–H groups in total. The summed E-state index contributed by atoms with van der Waals surface area (Å²) in [6, 6.07) is -1.41. The lowest BCUT2D eigenvalue weighted by Crippen LogP contribution is -2.69. The number of rotatable bonds is 7. The Morgan fingerprint density at radius 2 is 1.25 bits per heavy atom. The zero-order valence-corrected chi connectivity index (χ0v) is 19.5. The highest BCUT2D eigenvalue weighted by atomic mass is 16.7. The van der Waals surface area contributed by atoms with Crippen molar-refractivity contribution in [2.45, 2.75) is 106 Å². The molecule has 3 rings (SSSR count). The molecule has 3 saturated heterocycles. The Labute approximate surface area is 205 Å². The first-order valence-corrected chi connectivity index (χ1v) is 11.4. The van der Waals surface area contributed by atoms with E-state index in [4.69, 9.17) is 23.7 Å². The summed E-state index contributed by atoms with van der Waals surface area (Å²) in [5.41, 5.74) is 0. The molecule has 3 aliphatic heterocycles. The largest absolute Gasteiger partial charge is 0.394 e. The summed E-state index contributed by atoms with van der Waals surface area (Å²) in [6.07, 6.45) is -22.0. The third kappa shape index (κ3) is 5.97. The van der Waals surface area contributed by atoms with E-state index in [9.17, 15) is 50.8 Å². The van der Waals surface area contributed by atoms with Crippen molar-refractivity contribution in [3.05, 3.63) is 0 Å². The number of ether oxygens (including phenoxy) is 5. The van der Waals surface area contributed by atoms with E-state index in [1.54, 1.807) is 0 Å². The smallest absolute Gasteiger partial charge is 0.217 e. The molecule has 0 radical (unpaired) electrons. The van der Waals surface area contributed by atoms with E-state index in [0.29, 0.717) is 0 Å². The summed E-state index contributed by atoms with van der Waals surface area (Å²) in [4.78, 5) is 11.8. The molecule has 3 heterocycles. The van der Waals surface area contributed by atoms with E-state index in [2.05, 4.69) is 5.32 Å². The van der Waals surface area contributed by atoms with Gasteiger partial charge in [0.15, 0.2) is 18.9 Å². The molecule has 15 atom stereocenters. The lowest BCUT2D eigenvalue weighted by molar-refractivity contribution is -0.370. The Hall–Kier alpha value is -1.09. The summed E-state index contributed by atoms with van der Waals surface area (Å²) in [7, 11) is 0. The molecule has 16 nitrogen and oxygen atoms in total. The van der Waals surface area contributed by atoms with Crippen molar-refractivity contribution in [3.8, 4) is 0 Å². The molecule has 3 aliphatic rings. The molecule has 0 aromatic heterocycles. The number of aliphatic hydroxyl groups is 9. The van der Waals surface area contributed by atoms with Crippen LogP contribution in [0.4, 0.5) is 0 Å². The summed E-state index contributed by atoms with van der Waals surface area (Å²) in [6.45, 7) is 1.00. The number of carbonyl (C=O) groups is 1. The topological polar surface area (TPSA) is 257 Å². The monoisotopic (exact) mass is 529 g/mol. The number of aliphatic hydroxyl groups excluding tert-OH is 9. The van der Waals surface area contributed by atoms with E-state index >= 15 is 0 Å². The summed E-state index contributed by atoms with van der Waals surface area (Å²) in [5.74, 6) is -0.640. The van der Waals surface area contributed by atoms with Gasteiger partial charge in [-0.1, -0.05) is 0 Å². The number of carbonyl (C=O) groups excluding carboxylic acids is 1. The van der Waals surface area contributed by atoms with Gasteiger partial charge in [0, 0.05) is 6.92 Å². The van der Waals surface area contributed by atoms with Crippen LogP contribution < -0.4 is 5.32 Å². The van der Waals surface area contributed by atoms with E-state index < -0.39 is 111 Å². The zero-order valence-electron chi connectivity index (χ0n) is 19.5. The molecule has 36 heavy (non-hydrogen) atoms. The maximum atomic E-state index is 11.8. The van der Waals surface area contributed by atoms with E-state index in [1.807, 2.05) is 0 Å². The fraction of sp³-hybridized carbons (Fsp3) is 0.950. The van der Waals surface area contributed by atoms with Crippen molar-refractivity contribution >= 4 is 5.91 Å². The van der Waals surface area contributed by atoms with Gasteiger partial charge in [-0.2, -0.15) is 0 Å². The van der Waals surface area contributed by atoms with Gasteiger partial charge in [0.2, 0.25) is 5.91 Å². The fourth-order valence-corrected chi connectivity index (χ4v) is 4.40. The van der Waals surface area contributed by atoms with Gasteiger partial charge < -0.3 is 75.0 Å². The molecule has 0 bridgehead atoms. The molecule has 3 fully saturated rings. The molecular weight excluding hydrogens is 494 g/mol. The van der Waals surface area contributed by atoms with Gasteiger partial charge in [0.05, 0.1) is 19.3 Å². The van der Waals surface area contributed by atoms with Gasteiger partial charge in [-0.05, 0) is 6.92 Å². The highest BCUT2D eigenvalue weighted by Crippen LogP contribution is 2.32. The second-order valence-corrected chi connectivity index (χ2v) is 9.05. The van der Waals surface area contributed by atoms with Crippen LogP contribution in [-0.2, 0) is 28.5 Å². The van der Waals surface area contributed by atoms with Crippen LogP contribution >= 0.6 is 0 Å². The average Bonchev–Trinajstić information content (AvgIpc) is 2.84. The molecule has 0 aromatic carbocycles. The van der Waals surface area contributed by atoms with Crippen LogP contribution in [0.1, 0.15) is 13.8 Å². The van der Waals surface area contributed by atoms with Crippen molar-refractivity contribution in [3.63, 3.8) is 0 Å². The Morgan fingerprint density at radius 1 is 0.722 bits per heavy atom. The third-order valence-corrected chi connectivity index (χ3v) is 6.45. The first-order valence-electron chi connectivity index (χ1n) is 11.4. The minimum absolute atomic E-state index is 0.640. The second kappa shape index (κ2) is 12.2. The SMILES string of the molecule is CC(=O)NC1C(O[C@@H]2OC(C)[C@H](O)C(O)C2O)[C@@H](O[C@@H]2OC(CO)[C@H](O)C(O)C2O)C(CO)O[C@H]1O. The van der Waals surface area contributed by atoms with Crippen LogP contribution in [-0.4, -0.2) is 157 Å². The number of nitrogens with one attached hydrogen (secondary N) is 1. The first-order chi connectivity index (χ1) is 16.9. The predicted octanol–water partition coefficient (Wildman–Crippen LogP) is -6.40. The van der Waals surface area contributed by atoms with Crippen molar-refractivity contribution < 1.29 is 74.4 Å². The van der Waals surface area contributed by atoms with Crippen LogP contribution in [0.2, 0.25) is 0 Å². The van der Waals surface area contributed by atoms with Gasteiger partial charge in [0.1, 0.15) is 67.1 Å². The Bertz CT molecular complexity index is 729. The van der Waals surface area contributed by atoms with Gasteiger partial charge in [-0.3, -0.25) is 4.79 Å². The standard InChI is InChI=1S/C20H35NO15/c1-5-10(25)12(27)14(29)19(32-5)36-17-9(21-6(2)24)18(31)33-8(4-23)16(17)35-20-15(30)13(28)11(26)7(3-22)34-20/h5,7-20,22-23,25-31H,3-4H2,1-2H3,(H,21,24)/t5?,7?,8?,9?,10-,11-,12?,13?,14?,15?,16-,17?,18+,19-,20-/m0/s1. The fourth-order valence-electron chi connectivity index (χ4n) is 4.40. The quantitative estimate of drug-likeness (QED) is 0.147. The molecule has 16 heteroatoms. The van der Waals surface area contributed by atoms with Gasteiger partial charge in [-0.25, -0.2) is 0 Å². The van der Waals surface area contributed by atoms with Crippen LogP contribution in [0.25, 0.3) is 0 Å². The zero-order chi connectivity index (χ0) is 26.9.